The molecule has 0 atom stereocenters. The van der Waals surface area contributed by atoms with E-state index in [1.807, 2.05) is 0 Å². The Morgan fingerprint density at radius 2 is 1.69 bits per heavy atom. The van der Waals surface area contributed by atoms with Crippen LogP contribution in [-0.4, -0.2) is 16.1 Å². The minimum atomic E-state index is -4.53. The lowest BCUT2D eigenvalue weighted by Crippen LogP contribution is -2.10. The second kappa shape index (κ2) is 9.89. The zero-order valence-corrected chi connectivity index (χ0v) is 20.1. The molecule has 0 N–H and O–H groups in total. The molecule has 0 saturated heterocycles. The zero-order chi connectivity index (χ0) is 25.3. The van der Waals surface area contributed by atoms with Crippen molar-refractivity contribution in [3.63, 3.8) is 0 Å². The molecular weight excluding hydrogens is 528 g/mol. The van der Waals surface area contributed by atoms with Gasteiger partial charge in [-0.25, -0.2) is 4.79 Å². The Morgan fingerprint density at radius 1 is 1.03 bits per heavy atom. The van der Waals surface area contributed by atoms with E-state index < -0.39 is 17.7 Å². The molecule has 11 heteroatoms. The Bertz CT molecular complexity index is 1380. The quantitative estimate of drug-likeness (QED) is 0.190. The Labute approximate surface area is 212 Å². The number of nitrogens with zero attached hydrogens (tertiary/aromatic N) is 2. The first-order valence-electron chi connectivity index (χ1n) is 9.98. The standard InChI is InChI=1S/C24H14Cl3F3N2O3/c1-12-20(22(32-35-12)21-16(25)3-2-4-17(21)26)23(33)34-15-7-5-13(6-8-15)9-19-18(27)10-14(11-31-19)24(28,29)30/h2-8,10-11H,9H2,1H3. The summed E-state index contributed by atoms with van der Waals surface area (Å²) < 4.78 is 49.1. The van der Waals surface area contributed by atoms with E-state index in [9.17, 15) is 18.0 Å². The van der Waals surface area contributed by atoms with Gasteiger partial charge in [0.05, 0.1) is 26.3 Å². The lowest BCUT2D eigenvalue weighted by atomic mass is 10.1. The van der Waals surface area contributed by atoms with Crippen LogP contribution >= 0.6 is 34.8 Å². The van der Waals surface area contributed by atoms with Crippen LogP contribution in [0.15, 0.2) is 59.3 Å². The normalized spacial score (nSPS) is 11.5. The van der Waals surface area contributed by atoms with Gasteiger partial charge in [-0.15, -0.1) is 0 Å². The second-order valence-corrected chi connectivity index (χ2v) is 8.64. The molecule has 0 amide bonds. The molecule has 4 aromatic rings. The second-order valence-electron chi connectivity index (χ2n) is 7.42. The maximum Gasteiger partial charge on any atom is 0.417 e. The molecule has 5 nitrogen and oxygen atoms in total. The van der Waals surface area contributed by atoms with Gasteiger partial charge < -0.3 is 9.26 Å². The van der Waals surface area contributed by atoms with Gasteiger partial charge in [-0.2, -0.15) is 13.2 Å². The zero-order valence-electron chi connectivity index (χ0n) is 17.8. The van der Waals surface area contributed by atoms with Crippen molar-refractivity contribution in [3.8, 4) is 17.0 Å². The van der Waals surface area contributed by atoms with Crippen LogP contribution in [0, 0.1) is 6.92 Å². The van der Waals surface area contributed by atoms with Gasteiger partial charge in [-0.05, 0) is 42.8 Å². The highest BCUT2D eigenvalue weighted by molar-refractivity contribution is 6.39. The largest absolute Gasteiger partial charge is 0.423 e. The summed E-state index contributed by atoms with van der Waals surface area (Å²) in [5.74, 6) is -0.280. The van der Waals surface area contributed by atoms with Gasteiger partial charge >= 0.3 is 12.1 Å². The molecule has 0 aliphatic heterocycles. The van der Waals surface area contributed by atoms with E-state index in [0.717, 1.165) is 12.3 Å². The fraction of sp³-hybridized carbons (Fsp3) is 0.125. The third-order valence-electron chi connectivity index (χ3n) is 5.02. The molecule has 0 spiro atoms. The average molecular weight is 542 g/mol. The van der Waals surface area contributed by atoms with Gasteiger partial charge in [0, 0.05) is 18.2 Å². The first-order chi connectivity index (χ1) is 16.5. The van der Waals surface area contributed by atoms with Crippen LogP contribution < -0.4 is 4.74 Å². The van der Waals surface area contributed by atoms with Crippen LogP contribution in [0.1, 0.15) is 32.9 Å². The van der Waals surface area contributed by atoms with Crippen LogP contribution in [0.25, 0.3) is 11.3 Å². The third-order valence-corrected chi connectivity index (χ3v) is 5.97. The molecule has 0 saturated carbocycles. The van der Waals surface area contributed by atoms with Crippen molar-refractivity contribution in [1.29, 1.82) is 0 Å². The summed E-state index contributed by atoms with van der Waals surface area (Å²) in [5, 5.41) is 4.42. The number of halogens is 6. The summed E-state index contributed by atoms with van der Waals surface area (Å²) in [7, 11) is 0. The topological polar surface area (TPSA) is 65.2 Å². The van der Waals surface area contributed by atoms with Crippen molar-refractivity contribution in [1.82, 2.24) is 10.1 Å². The summed E-state index contributed by atoms with van der Waals surface area (Å²) in [6, 6.07) is 12.1. The number of aromatic nitrogens is 2. The molecule has 2 aromatic heterocycles. The predicted molar refractivity (Wildman–Crippen MR) is 125 cm³/mol. The van der Waals surface area contributed by atoms with Gasteiger partial charge in [0.2, 0.25) is 0 Å². The number of carbonyl (C=O) groups excluding carboxylic acids is 1. The van der Waals surface area contributed by atoms with Crippen molar-refractivity contribution >= 4 is 40.8 Å². The molecule has 2 aromatic carbocycles. The molecule has 0 bridgehead atoms. The summed E-state index contributed by atoms with van der Waals surface area (Å²) in [5.41, 5.74) is 0.632. The van der Waals surface area contributed by atoms with E-state index in [1.54, 1.807) is 37.3 Å². The van der Waals surface area contributed by atoms with Gasteiger partial charge in [0.15, 0.2) is 0 Å². The number of hydrogen-bond donors (Lipinski definition) is 0. The van der Waals surface area contributed by atoms with E-state index in [4.69, 9.17) is 44.1 Å². The van der Waals surface area contributed by atoms with E-state index in [0.29, 0.717) is 21.2 Å². The minimum absolute atomic E-state index is 0.0739. The first kappa shape index (κ1) is 25.0. The fourth-order valence-electron chi connectivity index (χ4n) is 3.29. The highest BCUT2D eigenvalue weighted by Crippen LogP contribution is 2.37. The SMILES string of the molecule is Cc1onc(-c2c(Cl)cccc2Cl)c1C(=O)Oc1ccc(Cc2ncc(C(F)(F)F)cc2Cl)cc1. The number of esters is 1. The summed E-state index contributed by atoms with van der Waals surface area (Å²) in [4.78, 5) is 16.7. The predicted octanol–water partition coefficient (Wildman–Crippen LogP) is 7.83. The van der Waals surface area contributed by atoms with E-state index in [1.165, 1.54) is 12.1 Å². The number of aryl methyl sites for hydroxylation is 1. The molecule has 35 heavy (non-hydrogen) atoms. The molecule has 0 unspecified atom stereocenters. The monoisotopic (exact) mass is 540 g/mol. The molecule has 180 valence electrons. The van der Waals surface area contributed by atoms with Gasteiger partial charge in [0.1, 0.15) is 22.8 Å². The highest BCUT2D eigenvalue weighted by Gasteiger charge is 2.31. The van der Waals surface area contributed by atoms with Gasteiger partial charge in [-0.3, -0.25) is 4.98 Å². The molecule has 0 fully saturated rings. The number of rotatable bonds is 5. The van der Waals surface area contributed by atoms with Gasteiger partial charge in [0.25, 0.3) is 0 Å². The Kier molecular flexibility index (Phi) is 7.07. The number of alkyl halides is 3. The fourth-order valence-corrected chi connectivity index (χ4v) is 4.09. The van der Waals surface area contributed by atoms with E-state index in [2.05, 4.69) is 10.1 Å². The molecular formula is C24H14Cl3F3N2O3. The lowest BCUT2D eigenvalue weighted by Gasteiger charge is -2.10. The van der Waals surface area contributed by atoms with Crippen LogP contribution in [0.3, 0.4) is 0 Å². The number of hydrogen-bond acceptors (Lipinski definition) is 5. The van der Waals surface area contributed by atoms with Crippen LogP contribution in [0.2, 0.25) is 15.1 Å². The van der Waals surface area contributed by atoms with Crippen LogP contribution in [0.4, 0.5) is 13.2 Å². The Balaban J connectivity index is 1.52. The minimum Gasteiger partial charge on any atom is -0.423 e. The van der Waals surface area contributed by atoms with Crippen molar-refractivity contribution in [2.75, 3.05) is 0 Å². The Morgan fingerprint density at radius 3 is 2.29 bits per heavy atom. The number of ether oxygens (including phenoxy) is 1. The van der Waals surface area contributed by atoms with Crippen molar-refractivity contribution in [2.24, 2.45) is 0 Å². The van der Waals surface area contributed by atoms with Crippen molar-refractivity contribution in [3.05, 3.63) is 97.9 Å². The number of benzene rings is 2. The molecule has 0 radical (unpaired) electrons. The highest BCUT2D eigenvalue weighted by atomic mass is 35.5. The molecule has 4 rings (SSSR count). The molecule has 0 aliphatic rings. The van der Waals surface area contributed by atoms with Crippen molar-refractivity contribution in [2.45, 2.75) is 19.5 Å². The molecule has 2 heterocycles. The van der Waals surface area contributed by atoms with E-state index >= 15 is 0 Å². The summed E-state index contributed by atoms with van der Waals surface area (Å²) in [6.07, 6.45) is -3.60. The van der Waals surface area contributed by atoms with Crippen LogP contribution in [-0.2, 0) is 12.6 Å². The van der Waals surface area contributed by atoms with E-state index in [-0.39, 0.29) is 39.9 Å². The third kappa shape index (κ3) is 5.45. The van der Waals surface area contributed by atoms with Gasteiger partial charge in [-0.1, -0.05) is 58.2 Å². The first-order valence-corrected chi connectivity index (χ1v) is 11.1. The molecule has 0 aliphatic carbocycles. The average Bonchev–Trinajstić information content (AvgIpc) is 3.16. The number of carbonyl (C=O) groups is 1. The maximum atomic E-state index is 12.9. The smallest absolute Gasteiger partial charge is 0.417 e. The summed E-state index contributed by atoms with van der Waals surface area (Å²) >= 11 is 18.5. The summed E-state index contributed by atoms with van der Waals surface area (Å²) in [6.45, 7) is 1.56. The maximum absolute atomic E-state index is 12.9. The lowest BCUT2D eigenvalue weighted by molar-refractivity contribution is -0.137. The van der Waals surface area contributed by atoms with Crippen LogP contribution in [0.5, 0.6) is 5.75 Å². The Hall–Kier alpha value is -3.07. The van der Waals surface area contributed by atoms with Crippen molar-refractivity contribution < 1.29 is 27.2 Å². The number of pyridine rings is 1.